The summed E-state index contributed by atoms with van der Waals surface area (Å²) in [5.74, 6) is 0.465. The van der Waals surface area contributed by atoms with Crippen molar-refractivity contribution in [3.05, 3.63) is 124 Å². The number of ketones is 1. The number of carbonyl (C=O) groups is 1. The first kappa shape index (κ1) is 46.1. The van der Waals surface area contributed by atoms with Crippen LogP contribution in [0.25, 0.3) is 5.57 Å². The van der Waals surface area contributed by atoms with Crippen LogP contribution in [0.5, 0.6) is 5.75 Å². The Kier molecular flexibility index (Phi) is 19.1. The van der Waals surface area contributed by atoms with E-state index in [2.05, 4.69) is 57.6 Å². The molecule has 4 rings (SSSR count). The molecule has 1 atom stereocenters. The number of halogens is 2. The molecule has 0 saturated heterocycles. The van der Waals surface area contributed by atoms with Gasteiger partial charge in [0.1, 0.15) is 11.6 Å². The van der Waals surface area contributed by atoms with Crippen LogP contribution in [0.15, 0.2) is 96.3 Å². The number of methoxy groups -OCH3 is 1. The summed E-state index contributed by atoms with van der Waals surface area (Å²) in [6, 6.07) is 9.16. The molecule has 0 spiro atoms. The molecule has 0 unspecified atom stereocenters. The summed E-state index contributed by atoms with van der Waals surface area (Å²) in [7, 11) is 1.64. The van der Waals surface area contributed by atoms with Gasteiger partial charge in [0.2, 0.25) is 0 Å². The third kappa shape index (κ3) is 13.7. The van der Waals surface area contributed by atoms with E-state index < -0.39 is 5.82 Å². The van der Waals surface area contributed by atoms with Gasteiger partial charge in [0, 0.05) is 35.9 Å². The zero-order valence-electron chi connectivity index (χ0n) is 36.1. The molecule has 1 aliphatic heterocycles. The topological polar surface area (TPSA) is 29.5 Å². The van der Waals surface area contributed by atoms with E-state index in [4.69, 9.17) is 16.3 Å². The van der Waals surface area contributed by atoms with Gasteiger partial charge in [-0.2, -0.15) is 0 Å². The fourth-order valence-corrected chi connectivity index (χ4v) is 8.70. The van der Waals surface area contributed by atoms with Gasteiger partial charge in [0.25, 0.3) is 0 Å². The molecule has 0 amide bonds. The second-order valence-corrected chi connectivity index (χ2v) is 17.3. The summed E-state index contributed by atoms with van der Waals surface area (Å²) in [4.78, 5) is 15.3. The van der Waals surface area contributed by atoms with Gasteiger partial charge in [0.15, 0.2) is 5.78 Å². The summed E-state index contributed by atoms with van der Waals surface area (Å²) >= 11 is 6.13. The molecule has 0 radical (unpaired) electrons. The van der Waals surface area contributed by atoms with E-state index >= 15 is 4.39 Å². The minimum Gasteiger partial charge on any atom is -0.496 e. The van der Waals surface area contributed by atoms with Crippen LogP contribution in [0.4, 0.5) is 10.1 Å². The van der Waals surface area contributed by atoms with Gasteiger partial charge < -0.3 is 9.64 Å². The Balaban J connectivity index is 1.35. The van der Waals surface area contributed by atoms with Crippen molar-refractivity contribution in [1.82, 2.24) is 0 Å². The Bertz CT molecular complexity index is 1790. The van der Waals surface area contributed by atoms with Crippen molar-refractivity contribution in [1.29, 1.82) is 0 Å². The highest BCUT2D eigenvalue weighted by Crippen LogP contribution is 2.44. The van der Waals surface area contributed by atoms with Gasteiger partial charge in [-0.05, 0) is 111 Å². The average Bonchev–Trinajstić information content (AvgIpc) is 3.18. The summed E-state index contributed by atoms with van der Waals surface area (Å²) < 4.78 is 20.9. The minimum absolute atomic E-state index is 0.0362. The Morgan fingerprint density at radius 1 is 0.877 bits per heavy atom. The highest BCUT2D eigenvalue weighted by atomic mass is 35.5. The number of hydrogen-bond acceptors (Lipinski definition) is 3. The molecular weight excluding hydrogens is 725 g/mol. The second kappa shape index (κ2) is 23.7. The number of nitrogens with zero attached hydrogens (tertiary/aromatic N) is 1. The number of ether oxygens (including phenoxy) is 1. The maximum atomic E-state index is 15.0. The SMILES string of the molecule is C=C(CCCCCCCCCCCCC)CCC1=CCCC=C1CC(=C)CC[C@@H](C(C)C)N1C=C(C(C)=O)C(=C)c2cc(Cc3cccc(Cl)c3F)c(OC)cc21. The highest BCUT2D eigenvalue weighted by molar-refractivity contribution is 6.30. The first-order chi connectivity index (χ1) is 27.4. The number of carbonyl (C=O) groups excluding carboxylic acids is 1. The van der Waals surface area contributed by atoms with Crippen molar-refractivity contribution in [2.45, 2.75) is 162 Å². The Labute approximate surface area is 350 Å². The van der Waals surface area contributed by atoms with Gasteiger partial charge in [-0.15, -0.1) is 0 Å². The molecule has 0 fully saturated rings. The van der Waals surface area contributed by atoms with E-state index in [1.54, 1.807) is 32.2 Å². The maximum absolute atomic E-state index is 15.0. The lowest BCUT2D eigenvalue weighted by Crippen LogP contribution is -2.38. The number of anilines is 1. The van der Waals surface area contributed by atoms with Crippen LogP contribution >= 0.6 is 11.6 Å². The van der Waals surface area contributed by atoms with Crippen LogP contribution in [0.3, 0.4) is 0 Å². The molecule has 2 aliphatic rings. The standard InChI is InChI=1S/C52H71ClFNO2/c1-9-10-11-12-13-14-15-16-17-18-19-23-38(4)28-30-42-24-20-21-25-43(42)32-39(5)29-31-49(37(2)3)55-36-47(41(7)56)40(6)46-34-45(51(57-8)35-50(46)55)33-44-26-22-27-48(53)52(44)54/h22,24-27,34-37,49H,4-6,9-21,23,28-33H2,1-3,7-8H3/t49-/m0/s1. The van der Waals surface area contributed by atoms with Crippen LogP contribution < -0.4 is 9.64 Å². The van der Waals surface area contributed by atoms with Crippen molar-refractivity contribution in [3.63, 3.8) is 0 Å². The zero-order chi connectivity index (χ0) is 41.3. The minimum atomic E-state index is -0.435. The van der Waals surface area contributed by atoms with E-state index in [0.29, 0.717) is 28.9 Å². The average molecular weight is 797 g/mol. The third-order valence-electron chi connectivity index (χ3n) is 12.0. The number of benzene rings is 2. The highest BCUT2D eigenvalue weighted by Gasteiger charge is 2.31. The van der Waals surface area contributed by atoms with Crippen molar-refractivity contribution < 1.29 is 13.9 Å². The maximum Gasteiger partial charge on any atom is 0.161 e. The first-order valence-corrected chi connectivity index (χ1v) is 22.4. The molecule has 2 aromatic rings. The largest absolute Gasteiger partial charge is 0.496 e. The predicted molar refractivity (Wildman–Crippen MR) is 244 cm³/mol. The molecular formula is C52H71ClFNO2. The van der Waals surface area contributed by atoms with Crippen molar-refractivity contribution >= 4 is 28.6 Å². The summed E-state index contributed by atoms with van der Waals surface area (Å²) in [5.41, 5.74) is 9.86. The van der Waals surface area contributed by atoms with Gasteiger partial charge in [-0.1, -0.05) is 152 Å². The normalized spacial score (nSPS) is 14.6. The fourth-order valence-electron chi connectivity index (χ4n) is 8.50. The quantitative estimate of drug-likeness (QED) is 0.0701. The lowest BCUT2D eigenvalue weighted by Gasteiger charge is -2.39. The molecule has 2 aromatic carbocycles. The van der Waals surface area contributed by atoms with E-state index in [1.807, 2.05) is 18.3 Å². The smallest absolute Gasteiger partial charge is 0.161 e. The summed E-state index contributed by atoms with van der Waals surface area (Å²) in [5, 5.41) is 0.0890. The first-order valence-electron chi connectivity index (χ1n) is 22.0. The zero-order valence-corrected chi connectivity index (χ0v) is 36.8. The molecule has 310 valence electrons. The van der Waals surface area contributed by atoms with Crippen LogP contribution in [-0.2, 0) is 11.2 Å². The molecule has 0 N–H and O–H groups in total. The molecule has 1 heterocycles. The van der Waals surface area contributed by atoms with Crippen molar-refractivity contribution in [2.24, 2.45) is 5.92 Å². The number of fused-ring (bicyclic) bond motifs is 1. The van der Waals surface area contributed by atoms with E-state index in [-0.39, 0.29) is 22.8 Å². The van der Waals surface area contributed by atoms with Gasteiger partial charge in [0.05, 0.1) is 17.8 Å². The van der Waals surface area contributed by atoms with Crippen LogP contribution in [0.2, 0.25) is 5.02 Å². The van der Waals surface area contributed by atoms with Gasteiger partial charge in [-0.3, -0.25) is 4.79 Å². The summed E-state index contributed by atoms with van der Waals surface area (Å²) in [6.07, 6.45) is 30.3. The molecule has 3 nitrogen and oxygen atoms in total. The Hall–Kier alpha value is -3.63. The third-order valence-corrected chi connectivity index (χ3v) is 12.3. The van der Waals surface area contributed by atoms with Crippen LogP contribution in [0.1, 0.15) is 166 Å². The second-order valence-electron chi connectivity index (χ2n) is 16.9. The number of unbranched alkanes of at least 4 members (excludes halogenated alkanes) is 10. The summed E-state index contributed by atoms with van der Waals surface area (Å²) in [6.45, 7) is 21.8. The van der Waals surface area contributed by atoms with E-state index in [0.717, 1.165) is 68.2 Å². The lowest BCUT2D eigenvalue weighted by molar-refractivity contribution is -0.113. The number of hydrogen-bond donors (Lipinski definition) is 0. The lowest BCUT2D eigenvalue weighted by atomic mass is 9.85. The molecule has 57 heavy (non-hydrogen) atoms. The number of Topliss-reactive ketones (excluding diaryl/α,β-unsaturated/α-hetero) is 1. The van der Waals surface area contributed by atoms with E-state index in [1.165, 1.54) is 92.9 Å². The Morgan fingerprint density at radius 3 is 2.16 bits per heavy atom. The van der Waals surface area contributed by atoms with Crippen molar-refractivity contribution in [3.8, 4) is 5.75 Å². The van der Waals surface area contributed by atoms with Gasteiger partial charge in [-0.25, -0.2) is 4.39 Å². The molecule has 0 aromatic heterocycles. The predicted octanol–water partition coefficient (Wildman–Crippen LogP) is 15.8. The Morgan fingerprint density at radius 2 is 1.53 bits per heavy atom. The van der Waals surface area contributed by atoms with Crippen LogP contribution in [0, 0.1) is 11.7 Å². The molecule has 5 heteroatoms. The molecule has 1 aliphatic carbocycles. The molecule has 0 bridgehead atoms. The monoisotopic (exact) mass is 796 g/mol. The van der Waals surface area contributed by atoms with Gasteiger partial charge >= 0.3 is 0 Å². The fraction of sp³-hybridized carbons (Fsp3) is 0.519. The number of rotatable bonds is 26. The van der Waals surface area contributed by atoms with Crippen molar-refractivity contribution in [2.75, 3.05) is 12.0 Å². The van der Waals surface area contributed by atoms with E-state index in [9.17, 15) is 4.79 Å². The number of allylic oxidation sites excluding steroid dienone is 8. The van der Waals surface area contributed by atoms with Crippen LogP contribution in [-0.4, -0.2) is 18.9 Å². The molecule has 0 saturated carbocycles.